The zero-order valence-corrected chi connectivity index (χ0v) is 22.2. The van der Waals surface area contributed by atoms with Crippen LogP contribution in [0.2, 0.25) is 5.02 Å². The van der Waals surface area contributed by atoms with Gasteiger partial charge in [-0.2, -0.15) is 12.8 Å². The highest BCUT2D eigenvalue weighted by Crippen LogP contribution is 2.27. The van der Waals surface area contributed by atoms with Gasteiger partial charge in [-0.1, -0.05) is 23.7 Å². The van der Waals surface area contributed by atoms with Gasteiger partial charge >= 0.3 is 5.97 Å². The molecule has 4 aromatic rings. The van der Waals surface area contributed by atoms with Crippen LogP contribution in [0.5, 0.6) is 0 Å². The number of hydrogen-bond donors (Lipinski definition) is 3. The maximum atomic E-state index is 13.2. The number of pyridine rings is 1. The van der Waals surface area contributed by atoms with Crippen molar-refractivity contribution in [2.75, 3.05) is 4.72 Å². The Morgan fingerprint density at radius 2 is 1.89 bits per heavy atom. The number of halogens is 2. The lowest BCUT2D eigenvalue weighted by atomic mass is 10.1. The largest absolute Gasteiger partial charge is 0.480 e. The highest BCUT2D eigenvalue weighted by molar-refractivity contribution is 14.1. The molecule has 0 spiro atoms. The molecule has 13 heteroatoms. The molecule has 3 N–H and O–H groups in total. The summed E-state index contributed by atoms with van der Waals surface area (Å²) in [6, 6.07) is 11.5. The molecule has 0 aliphatic rings. The standard InChI is InChI=1S/C22H16ClIN4O5S2/c23-13-3-1-12(2-4-13)9-18(22(30)31)27-20(29)15-6-5-14(24)10-17(15)28-35(32,33)21-16-11-26-34-19(16)7-8-25-21/h1-8,10-11,18,28H,9H2,(H,27,29)(H,30,31). The van der Waals surface area contributed by atoms with Gasteiger partial charge in [-0.3, -0.25) is 9.52 Å². The Morgan fingerprint density at radius 1 is 1.14 bits per heavy atom. The zero-order valence-electron chi connectivity index (χ0n) is 17.6. The second kappa shape index (κ2) is 10.4. The van der Waals surface area contributed by atoms with Gasteiger partial charge in [-0.05, 0) is 76.1 Å². The lowest BCUT2D eigenvalue weighted by molar-refractivity contribution is -0.139. The van der Waals surface area contributed by atoms with E-state index in [0.717, 1.165) is 11.5 Å². The number of nitrogens with zero attached hydrogens (tertiary/aromatic N) is 2. The number of fused-ring (bicyclic) bond motifs is 1. The van der Waals surface area contributed by atoms with Crippen LogP contribution in [0.3, 0.4) is 0 Å². The summed E-state index contributed by atoms with van der Waals surface area (Å²) < 4.78 is 34.1. The minimum absolute atomic E-state index is 0.00739. The summed E-state index contributed by atoms with van der Waals surface area (Å²) in [7, 11) is -4.19. The van der Waals surface area contributed by atoms with Crippen molar-refractivity contribution in [3.63, 3.8) is 0 Å². The van der Waals surface area contributed by atoms with E-state index in [1.54, 1.807) is 36.4 Å². The van der Waals surface area contributed by atoms with Crippen LogP contribution >= 0.6 is 45.7 Å². The first-order chi connectivity index (χ1) is 16.6. The van der Waals surface area contributed by atoms with Crippen molar-refractivity contribution in [2.24, 2.45) is 0 Å². The van der Waals surface area contributed by atoms with E-state index in [1.807, 2.05) is 22.6 Å². The van der Waals surface area contributed by atoms with E-state index >= 15 is 0 Å². The Labute approximate surface area is 222 Å². The molecule has 0 aliphatic carbocycles. The molecule has 2 aromatic carbocycles. The molecule has 0 bridgehead atoms. The van der Waals surface area contributed by atoms with E-state index < -0.39 is 27.9 Å². The van der Waals surface area contributed by atoms with Crippen LogP contribution in [0.4, 0.5) is 5.69 Å². The molecule has 0 aliphatic heterocycles. The average molecular weight is 643 g/mol. The third-order valence-corrected chi connectivity index (χ3v) is 7.94. The molecule has 35 heavy (non-hydrogen) atoms. The fourth-order valence-electron chi connectivity index (χ4n) is 3.27. The Bertz CT molecular complexity index is 1530. The van der Waals surface area contributed by atoms with Gasteiger partial charge in [-0.25, -0.2) is 9.78 Å². The van der Waals surface area contributed by atoms with E-state index in [1.165, 1.54) is 24.5 Å². The van der Waals surface area contributed by atoms with Gasteiger partial charge < -0.3 is 10.4 Å². The first-order valence-electron chi connectivity index (χ1n) is 9.94. The van der Waals surface area contributed by atoms with E-state index in [2.05, 4.69) is 19.4 Å². The monoisotopic (exact) mass is 642 g/mol. The summed E-state index contributed by atoms with van der Waals surface area (Å²) in [5.74, 6) is -1.98. The summed E-state index contributed by atoms with van der Waals surface area (Å²) >= 11 is 9.00. The molecule has 0 radical (unpaired) electrons. The van der Waals surface area contributed by atoms with Crippen molar-refractivity contribution in [1.29, 1.82) is 0 Å². The van der Waals surface area contributed by atoms with Crippen LogP contribution in [0.1, 0.15) is 15.9 Å². The maximum absolute atomic E-state index is 13.2. The van der Waals surface area contributed by atoms with Crippen LogP contribution in [-0.4, -0.2) is 40.8 Å². The molecule has 2 aromatic heterocycles. The van der Waals surface area contributed by atoms with Crippen LogP contribution in [-0.2, 0) is 21.2 Å². The number of carbonyl (C=O) groups excluding carboxylic acids is 1. The number of hydrogen-bond acceptors (Lipinski definition) is 7. The van der Waals surface area contributed by atoms with Crippen molar-refractivity contribution >= 4 is 83.4 Å². The summed E-state index contributed by atoms with van der Waals surface area (Å²) in [5.41, 5.74) is 0.619. The van der Waals surface area contributed by atoms with Gasteiger partial charge in [-0.15, -0.1) is 0 Å². The molecular weight excluding hydrogens is 627 g/mol. The summed E-state index contributed by atoms with van der Waals surface area (Å²) in [6.07, 6.45) is 2.80. The quantitative estimate of drug-likeness (QED) is 0.245. The molecule has 1 atom stereocenters. The lowest BCUT2D eigenvalue weighted by Crippen LogP contribution is -2.42. The number of benzene rings is 2. The molecule has 180 valence electrons. The predicted molar refractivity (Wildman–Crippen MR) is 141 cm³/mol. The Morgan fingerprint density at radius 3 is 2.60 bits per heavy atom. The second-order valence-corrected chi connectivity index (χ2v) is 11.5. The first kappa shape index (κ1) is 25.3. The minimum Gasteiger partial charge on any atom is -0.480 e. The van der Waals surface area contributed by atoms with Gasteiger partial charge in [0.2, 0.25) is 0 Å². The van der Waals surface area contributed by atoms with Crippen molar-refractivity contribution < 1.29 is 23.1 Å². The minimum atomic E-state index is -4.19. The van der Waals surface area contributed by atoms with Crippen molar-refractivity contribution in [3.05, 3.63) is 80.6 Å². The fraction of sp³-hybridized carbons (Fsp3) is 0.0909. The number of amides is 1. The molecule has 2 heterocycles. The Kier molecular flexibility index (Phi) is 7.54. The van der Waals surface area contributed by atoms with Crippen LogP contribution < -0.4 is 10.0 Å². The number of carboxylic acids is 1. The molecule has 4 rings (SSSR count). The lowest BCUT2D eigenvalue weighted by Gasteiger charge is -2.17. The molecule has 1 amide bonds. The number of nitrogens with one attached hydrogen (secondary N) is 2. The summed E-state index contributed by atoms with van der Waals surface area (Å²) in [5, 5.41) is 12.8. The fourth-order valence-corrected chi connectivity index (χ4v) is 5.80. The number of aromatic nitrogens is 2. The molecule has 9 nitrogen and oxygen atoms in total. The molecule has 0 saturated heterocycles. The first-order valence-corrected chi connectivity index (χ1v) is 13.7. The topological polar surface area (TPSA) is 138 Å². The average Bonchev–Trinajstić information content (AvgIpc) is 3.28. The Balaban J connectivity index is 1.62. The normalized spacial score (nSPS) is 12.3. The number of rotatable bonds is 8. The number of aliphatic carboxylic acids is 1. The predicted octanol–water partition coefficient (Wildman–Crippen LogP) is 4.18. The Hall–Kier alpha value is -2.81. The van der Waals surface area contributed by atoms with Crippen LogP contribution in [0.25, 0.3) is 10.1 Å². The van der Waals surface area contributed by atoms with Crippen molar-refractivity contribution in [1.82, 2.24) is 14.7 Å². The number of carboxylic acid groups (broad SMARTS) is 1. The summed E-state index contributed by atoms with van der Waals surface area (Å²) in [4.78, 5) is 28.9. The van der Waals surface area contributed by atoms with E-state index in [9.17, 15) is 23.1 Å². The van der Waals surface area contributed by atoms with Crippen molar-refractivity contribution in [3.8, 4) is 0 Å². The van der Waals surface area contributed by atoms with Crippen LogP contribution in [0.15, 0.2) is 66.0 Å². The second-order valence-electron chi connectivity index (χ2n) is 7.34. The van der Waals surface area contributed by atoms with Gasteiger partial charge in [0, 0.05) is 21.2 Å². The highest BCUT2D eigenvalue weighted by atomic mass is 127. The third kappa shape index (κ3) is 5.89. The van der Waals surface area contributed by atoms with Gasteiger partial charge in [0.05, 0.1) is 27.5 Å². The van der Waals surface area contributed by atoms with Gasteiger partial charge in [0.15, 0.2) is 5.03 Å². The third-order valence-electron chi connectivity index (χ3n) is 4.93. The van der Waals surface area contributed by atoms with Crippen LogP contribution in [0, 0.1) is 3.57 Å². The number of anilines is 1. The van der Waals surface area contributed by atoms with E-state index in [4.69, 9.17) is 11.6 Å². The van der Waals surface area contributed by atoms with E-state index in [-0.39, 0.29) is 22.7 Å². The molecular formula is C22H16ClIN4O5S2. The van der Waals surface area contributed by atoms with Gasteiger partial charge in [0.25, 0.3) is 15.9 Å². The number of carbonyl (C=O) groups is 2. The molecule has 0 fully saturated rings. The smallest absolute Gasteiger partial charge is 0.326 e. The van der Waals surface area contributed by atoms with Crippen molar-refractivity contribution in [2.45, 2.75) is 17.5 Å². The summed E-state index contributed by atoms with van der Waals surface area (Å²) in [6.45, 7) is 0. The zero-order chi connectivity index (χ0) is 25.2. The number of sulfonamides is 1. The molecule has 0 saturated carbocycles. The molecule has 1 unspecified atom stereocenters. The maximum Gasteiger partial charge on any atom is 0.326 e. The highest BCUT2D eigenvalue weighted by Gasteiger charge is 2.26. The van der Waals surface area contributed by atoms with E-state index in [0.29, 0.717) is 24.2 Å². The SMILES string of the molecule is O=C(NC(Cc1ccc(Cl)cc1)C(=O)O)c1ccc(I)cc1NS(=O)(=O)c1nccc2sncc12. The van der Waals surface area contributed by atoms with Gasteiger partial charge in [0.1, 0.15) is 6.04 Å².